The van der Waals surface area contributed by atoms with Gasteiger partial charge in [0.05, 0.1) is 11.6 Å². The Hall–Kier alpha value is -2.55. The van der Waals surface area contributed by atoms with Crippen molar-refractivity contribution in [3.8, 4) is 0 Å². The zero-order chi connectivity index (χ0) is 21.2. The Morgan fingerprint density at radius 1 is 1.28 bits per heavy atom. The maximum Gasteiger partial charge on any atom is 0.416 e. The Labute approximate surface area is 167 Å². The van der Waals surface area contributed by atoms with Crippen LogP contribution in [0.4, 0.5) is 18.9 Å². The van der Waals surface area contributed by atoms with Crippen LogP contribution in [-0.2, 0) is 6.18 Å². The number of hydrogen-bond donors (Lipinski definition) is 1. The number of nitrogens with zero attached hydrogens (tertiary/aromatic N) is 3. The Morgan fingerprint density at radius 3 is 2.59 bits per heavy atom. The number of aromatic nitrogens is 1. The van der Waals surface area contributed by atoms with Crippen LogP contribution in [0.25, 0.3) is 0 Å². The molecule has 6 nitrogen and oxygen atoms in total. The Morgan fingerprint density at radius 2 is 1.97 bits per heavy atom. The van der Waals surface area contributed by atoms with E-state index in [9.17, 15) is 18.0 Å². The second-order valence-corrected chi connectivity index (χ2v) is 7.31. The maximum absolute atomic E-state index is 12.9. The molecule has 1 aliphatic rings. The van der Waals surface area contributed by atoms with E-state index in [1.54, 1.807) is 11.0 Å². The molecular weight excluding hydrogens is 385 g/mol. The van der Waals surface area contributed by atoms with Gasteiger partial charge in [-0.15, -0.1) is 0 Å². The third-order valence-corrected chi connectivity index (χ3v) is 5.39. The van der Waals surface area contributed by atoms with Crippen molar-refractivity contribution in [2.45, 2.75) is 32.5 Å². The molecule has 2 heterocycles. The molecule has 0 saturated carbocycles. The number of oxazole rings is 1. The SMILES string of the molecule is CCC(C)C(N)c1nc(C(=O)N2CCN(c3cccc(C(F)(F)F)c3)CC2)co1. The standard InChI is InChI=1S/C20H25F3N4O2/c1-3-13(2)17(24)18-25-16(12-29-18)19(28)27-9-7-26(8-10-27)15-6-4-5-14(11-15)20(21,22)23/h4-6,11-13,17H,3,7-10,24H2,1-2H3. The number of benzene rings is 1. The van der Waals surface area contributed by atoms with Crippen LogP contribution in [0, 0.1) is 5.92 Å². The summed E-state index contributed by atoms with van der Waals surface area (Å²) in [5, 5.41) is 0. The monoisotopic (exact) mass is 410 g/mol. The molecule has 1 fully saturated rings. The van der Waals surface area contributed by atoms with E-state index >= 15 is 0 Å². The lowest BCUT2D eigenvalue weighted by Crippen LogP contribution is -2.49. The average Bonchev–Trinajstić information content (AvgIpc) is 3.22. The van der Waals surface area contributed by atoms with Crippen LogP contribution in [0.1, 0.15) is 48.3 Å². The second kappa shape index (κ2) is 8.44. The molecule has 0 radical (unpaired) electrons. The molecule has 29 heavy (non-hydrogen) atoms. The van der Waals surface area contributed by atoms with Gasteiger partial charge >= 0.3 is 6.18 Å². The topological polar surface area (TPSA) is 75.6 Å². The van der Waals surface area contributed by atoms with E-state index in [0.29, 0.717) is 37.8 Å². The highest BCUT2D eigenvalue weighted by atomic mass is 19.4. The first-order chi connectivity index (χ1) is 13.7. The molecule has 2 unspecified atom stereocenters. The van der Waals surface area contributed by atoms with E-state index in [0.717, 1.165) is 18.6 Å². The fraction of sp³-hybridized carbons (Fsp3) is 0.500. The highest BCUT2D eigenvalue weighted by molar-refractivity contribution is 5.92. The van der Waals surface area contributed by atoms with Crippen molar-refractivity contribution in [3.63, 3.8) is 0 Å². The highest BCUT2D eigenvalue weighted by Gasteiger charge is 2.31. The minimum atomic E-state index is -4.38. The van der Waals surface area contributed by atoms with E-state index in [-0.39, 0.29) is 23.6 Å². The van der Waals surface area contributed by atoms with E-state index in [2.05, 4.69) is 4.98 Å². The number of nitrogens with two attached hydrogens (primary N) is 1. The first-order valence-electron chi connectivity index (χ1n) is 9.63. The lowest BCUT2D eigenvalue weighted by molar-refractivity contribution is -0.137. The number of halogens is 3. The van der Waals surface area contributed by atoms with Gasteiger partial charge in [0.1, 0.15) is 6.26 Å². The van der Waals surface area contributed by atoms with Crippen LogP contribution in [-0.4, -0.2) is 42.0 Å². The van der Waals surface area contributed by atoms with Crippen LogP contribution >= 0.6 is 0 Å². The van der Waals surface area contributed by atoms with Crippen molar-refractivity contribution in [2.75, 3.05) is 31.1 Å². The van der Waals surface area contributed by atoms with Crippen LogP contribution in [0.3, 0.4) is 0 Å². The minimum absolute atomic E-state index is 0.174. The number of alkyl halides is 3. The predicted molar refractivity (Wildman–Crippen MR) is 102 cm³/mol. The van der Waals surface area contributed by atoms with Gasteiger partial charge in [0.2, 0.25) is 5.89 Å². The highest BCUT2D eigenvalue weighted by Crippen LogP contribution is 2.32. The molecule has 1 saturated heterocycles. The van der Waals surface area contributed by atoms with Gasteiger partial charge in [-0.1, -0.05) is 26.3 Å². The van der Waals surface area contributed by atoms with E-state index in [1.807, 2.05) is 18.7 Å². The normalized spacial score (nSPS) is 17.3. The molecule has 2 N–H and O–H groups in total. The zero-order valence-electron chi connectivity index (χ0n) is 16.4. The largest absolute Gasteiger partial charge is 0.446 e. The minimum Gasteiger partial charge on any atom is -0.446 e. The predicted octanol–water partition coefficient (Wildman–Crippen LogP) is 3.70. The number of rotatable bonds is 5. The zero-order valence-corrected chi connectivity index (χ0v) is 16.4. The van der Waals surface area contributed by atoms with Crippen molar-refractivity contribution in [3.05, 3.63) is 47.7 Å². The van der Waals surface area contributed by atoms with Gasteiger partial charge in [0, 0.05) is 31.9 Å². The Bertz CT molecular complexity index is 844. The lowest BCUT2D eigenvalue weighted by Gasteiger charge is -2.36. The summed E-state index contributed by atoms with van der Waals surface area (Å²) in [6, 6.07) is 4.85. The van der Waals surface area contributed by atoms with Crippen LogP contribution in [0.5, 0.6) is 0 Å². The third-order valence-electron chi connectivity index (χ3n) is 5.39. The van der Waals surface area contributed by atoms with E-state index in [4.69, 9.17) is 10.2 Å². The number of carbonyl (C=O) groups excluding carboxylic acids is 1. The molecule has 2 aromatic rings. The number of amides is 1. The molecule has 1 aromatic carbocycles. The fourth-order valence-corrected chi connectivity index (χ4v) is 3.24. The maximum atomic E-state index is 12.9. The molecule has 0 spiro atoms. The summed E-state index contributed by atoms with van der Waals surface area (Å²) < 4.78 is 44.2. The number of piperazine rings is 1. The summed E-state index contributed by atoms with van der Waals surface area (Å²) >= 11 is 0. The molecule has 158 valence electrons. The van der Waals surface area contributed by atoms with Crippen LogP contribution in [0.15, 0.2) is 34.9 Å². The van der Waals surface area contributed by atoms with E-state index in [1.165, 1.54) is 12.3 Å². The summed E-state index contributed by atoms with van der Waals surface area (Å²) in [4.78, 5) is 20.4. The van der Waals surface area contributed by atoms with Crippen molar-refractivity contribution in [1.29, 1.82) is 0 Å². The average molecular weight is 410 g/mol. The summed E-state index contributed by atoms with van der Waals surface area (Å²) in [6.45, 7) is 5.64. The number of anilines is 1. The van der Waals surface area contributed by atoms with Crippen LogP contribution < -0.4 is 10.6 Å². The third kappa shape index (κ3) is 4.72. The fourth-order valence-electron chi connectivity index (χ4n) is 3.24. The molecule has 1 aromatic heterocycles. The molecule has 2 atom stereocenters. The summed E-state index contributed by atoms with van der Waals surface area (Å²) in [6.07, 6.45) is -2.20. The van der Waals surface area contributed by atoms with Crippen molar-refractivity contribution >= 4 is 11.6 Å². The van der Waals surface area contributed by atoms with Gasteiger partial charge < -0.3 is 20.0 Å². The van der Waals surface area contributed by atoms with Gasteiger partial charge in [0.25, 0.3) is 5.91 Å². The van der Waals surface area contributed by atoms with E-state index < -0.39 is 11.7 Å². The van der Waals surface area contributed by atoms with Gasteiger partial charge in [-0.05, 0) is 24.1 Å². The molecular formula is C20H25F3N4O2. The summed E-state index contributed by atoms with van der Waals surface area (Å²) in [7, 11) is 0. The van der Waals surface area contributed by atoms with Gasteiger partial charge in [-0.25, -0.2) is 4.98 Å². The summed E-state index contributed by atoms with van der Waals surface area (Å²) in [5.74, 6) is 0.248. The molecule has 3 rings (SSSR count). The molecule has 9 heteroatoms. The Kier molecular flexibility index (Phi) is 6.16. The quantitative estimate of drug-likeness (QED) is 0.814. The molecule has 1 aliphatic heterocycles. The first kappa shape index (κ1) is 21.2. The van der Waals surface area contributed by atoms with Crippen molar-refractivity contribution in [1.82, 2.24) is 9.88 Å². The number of carbonyl (C=O) groups is 1. The van der Waals surface area contributed by atoms with Gasteiger partial charge in [-0.2, -0.15) is 13.2 Å². The van der Waals surface area contributed by atoms with Crippen molar-refractivity contribution < 1.29 is 22.4 Å². The number of hydrogen-bond acceptors (Lipinski definition) is 5. The smallest absolute Gasteiger partial charge is 0.416 e. The molecule has 1 amide bonds. The van der Waals surface area contributed by atoms with Gasteiger partial charge in [-0.3, -0.25) is 4.79 Å². The molecule has 0 aliphatic carbocycles. The van der Waals surface area contributed by atoms with Crippen LogP contribution in [0.2, 0.25) is 0 Å². The molecule has 0 bridgehead atoms. The van der Waals surface area contributed by atoms with Crippen molar-refractivity contribution in [2.24, 2.45) is 11.7 Å². The first-order valence-corrected chi connectivity index (χ1v) is 9.63. The Balaban J connectivity index is 1.62. The lowest BCUT2D eigenvalue weighted by atomic mass is 10.0. The van der Waals surface area contributed by atoms with Gasteiger partial charge in [0.15, 0.2) is 5.69 Å². The second-order valence-electron chi connectivity index (χ2n) is 7.31. The summed E-state index contributed by atoms with van der Waals surface area (Å²) in [5.41, 5.74) is 6.11.